The fourth-order valence-electron chi connectivity index (χ4n) is 5.35. The van der Waals surface area contributed by atoms with Crippen molar-refractivity contribution in [3.63, 3.8) is 0 Å². The van der Waals surface area contributed by atoms with Crippen molar-refractivity contribution < 1.29 is 0 Å². The lowest BCUT2D eigenvalue weighted by molar-refractivity contribution is 1.09. The van der Waals surface area contributed by atoms with E-state index in [0.717, 1.165) is 29.0 Å². The third-order valence-electron chi connectivity index (χ3n) is 6.88. The Kier molecular flexibility index (Phi) is 4.25. The average Bonchev–Trinajstić information content (AvgIpc) is 3.48. The van der Waals surface area contributed by atoms with E-state index in [1.165, 1.54) is 38.9 Å². The third-order valence-corrected chi connectivity index (χ3v) is 6.88. The maximum atomic E-state index is 5.20. The van der Waals surface area contributed by atoms with E-state index in [4.69, 9.17) is 4.98 Å². The molecule has 2 nitrogen and oxygen atoms in total. The van der Waals surface area contributed by atoms with Crippen molar-refractivity contribution in [3.05, 3.63) is 132 Å². The molecule has 0 bridgehead atoms. The molecule has 0 fully saturated rings. The van der Waals surface area contributed by atoms with Crippen LogP contribution in [0.3, 0.4) is 0 Å². The molecule has 0 spiro atoms. The van der Waals surface area contributed by atoms with Gasteiger partial charge < -0.3 is 0 Å². The van der Waals surface area contributed by atoms with Gasteiger partial charge in [-0.3, -0.25) is 4.57 Å². The zero-order valence-corrected chi connectivity index (χ0v) is 18.6. The summed E-state index contributed by atoms with van der Waals surface area (Å²) in [6.07, 6.45) is 0.936. The van der Waals surface area contributed by atoms with E-state index in [0.29, 0.717) is 0 Å². The van der Waals surface area contributed by atoms with Gasteiger partial charge in [-0.15, -0.1) is 0 Å². The number of hydrogen-bond donors (Lipinski definition) is 0. The molecule has 0 saturated carbocycles. The minimum Gasteiger partial charge on any atom is -0.292 e. The molecule has 0 aliphatic heterocycles. The first-order valence-corrected chi connectivity index (χ1v) is 11.7. The van der Waals surface area contributed by atoms with Crippen molar-refractivity contribution in [1.82, 2.24) is 9.55 Å². The maximum Gasteiger partial charge on any atom is 0.146 e. The predicted molar refractivity (Wildman–Crippen MR) is 140 cm³/mol. The third kappa shape index (κ3) is 2.85. The van der Waals surface area contributed by atoms with E-state index >= 15 is 0 Å². The van der Waals surface area contributed by atoms with Crippen molar-refractivity contribution in [2.45, 2.75) is 6.42 Å². The fraction of sp³-hybridized carbons (Fsp3) is 0.0312. The van der Waals surface area contributed by atoms with Crippen LogP contribution in [0.1, 0.15) is 11.1 Å². The smallest absolute Gasteiger partial charge is 0.146 e. The number of fused-ring (bicyclic) bond motifs is 4. The molecule has 160 valence electrons. The average molecular weight is 435 g/mol. The molecule has 1 aliphatic carbocycles. The highest BCUT2D eigenvalue weighted by Gasteiger charge is 2.25. The zero-order chi connectivity index (χ0) is 22.5. The zero-order valence-electron chi connectivity index (χ0n) is 18.6. The first-order chi connectivity index (χ1) is 16.9. The van der Waals surface area contributed by atoms with Crippen LogP contribution in [0.5, 0.6) is 0 Å². The minimum atomic E-state index is 0.936. The minimum absolute atomic E-state index is 0.936. The van der Waals surface area contributed by atoms with Gasteiger partial charge >= 0.3 is 0 Å². The first-order valence-electron chi connectivity index (χ1n) is 11.7. The largest absolute Gasteiger partial charge is 0.292 e. The van der Waals surface area contributed by atoms with Gasteiger partial charge in [-0.05, 0) is 52.4 Å². The summed E-state index contributed by atoms with van der Waals surface area (Å²) >= 11 is 0. The molecule has 0 N–H and O–H groups in total. The Hall–Kier alpha value is -4.43. The van der Waals surface area contributed by atoms with Crippen molar-refractivity contribution in [3.8, 4) is 39.3 Å². The number of benzene rings is 5. The summed E-state index contributed by atoms with van der Waals surface area (Å²) in [5.74, 6) is 0.995. The SMILES string of the molecule is c1ccc(-c2ccccc2-n2c(-c3cccc4c3Cc3ccccc3-4)nc3ccccc32)cc1. The molecule has 0 saturated heterocycles. The van der Waals surface area contributed by atoms with E-state index in [2.05, 4.69) is 126 Å². The van der Waals surface area contributed by atoms with Gasteiger partial charge in [-0.2, -0.15) is 0 Å². The van der Waals surface area contributed by atoms with Gasteiger partial charge in [0.2, 0.25) is 0 Å². The Morgan fingerprint density at radius 2 is 1.21 bits per heavy atom. The standard InChI is InChI=1S/C32H22N2/c1-2-11-22(12-3-1)25-15-6-8-19-30(25)34-31-20-9-7-18-29(31)33-32(34)27-17-10-16-26-24-14-5-4-13-23(24)21-28(26)27/h1-20H,21H2. The van der Waals surface area contributed by atoms with Gasteiger partial charge in [0.1, 0.15) is 5.82 Å². The molecule has 7 rings (SSSR count). The molecule has 1 heterocycles. The van der Waals surface area contributed by atoms with Gasteiger partial charge in [0.05, 0.1) is 16.7 Å². The Morgan fingerprint density at radius 3 is 2.12 bits per heavy atom. The lowest BCUT2D eigenvalue weighted by Crippen LogP contribution is -2.01. The molecule has 0 atom stereocenters. The fourth-order valence-corrected chi connectivity index (χ4v) is 5.35. The Bertz CT molecular complexity index is 1670. The second-order valence-electron chi connectivity index (χ2n) is 8.81. The van der Waals surface area contributed by atoms with Crippen LogP contribution < -0.4 is 0 Å². The monoisotopic (exact) mass is 434 g/mol. The van der Waals surface area contributed by atoms with E-state index in [9.17, 15) is 0 Å². The highest BCUT2D eigenvalue weighted by atomic mass is 15.1. The first kappa shape index (κ1) is 19.1. The van der Waals surface area contributed by atoms with E-state index in [1.807, 2.05) is 0 Å². The summed E-state index contributed by atoms with van der Waals surface area (Å²) in [6.45, 7) is 0. The van der Waals surface area contributed by atoms with Crippen molar-refractivity contribution in [2.24, 2.45) is 0 Å². The van der Waals surface area contributed by atoms with Crippen molar-refractivity contribution in [2.75, 3.05) is 0 Å². The molecule has 0 unspecified atom stereocenters. The number of nitrogens with zero attached hydrogens (tertiary/aromatic N) is 2. The Labute approximate surface area is 198 Å². The van der Waals surface area contributed by atoms with E-state index in [1.54, 1.807) is 0 Å². The lowest BCUT2D eigenvalue weighted by atomic mass is 10.00. The number of hydrogen-bond acceptors (Lipinski definition) is 1. The van der Waals surface area contributed by atoms with Crippen LogP contribution in [0.2, 0.25) is 0 Å². The highest BCUT2D eigenvalue weighted by Crippen LogP contribution is 2.43. The molecule has 2 heteroatoms. The summed E-state index contributed by atoms with van der Waals surface area (Å²) in [5.41, 5.74) is 12.3. The van der Waals surface area contributed by atoms with Crippen LogP contribution in [0, 0.1) is 0 Å². The summed E-state index contributed by atoms with van der Waals surface area (Å²) in [7, 11) is 0. The molecule has 1 aromatic heterocycles. The number of para-hydroxylation sites is 3. The Balaban J connectivity index is 1.53. The van der Waals surface area contributed by atoms with Crippen LogP contribution in [0.25, 0.3) is 50.4 Å². The van der Waals surface area contributed by atoms with Crippen LogP contribution in [-0.2, 0) is 6.42 Å². The lowest BCUT2D eigenvalue weighted by Gasteiger charge is -2.16. The van der Waals surface area contributed by atoms with Gasteiger partial charge in [-0.1, -0.05) is 103 Å². The molecule has 5 aromatic carbocycles. The summed E-state index contributed by atoms with van der Waals surface area (Å²) < 4.78 is 2.34. The van der Waals surface area contributed by atoms with E-state index in [-0.39, 0.29) is 0 Å². The maximum absolute atomic E-state index is 5.20. The summed E-state index contributed by atoms with van der Waals surface area (Å²) in [6, 6.07) is 43.1. The number of rotatable bonds is 3. The van der Waals surface area contributed by atoms with Crippen molar-refractivity contribution in [1.29, 1.82) is 0 Å². The molecular weight excluding hydrogens is 412 g/mol. The number of imidazole rings is 1. The predicted octanol–water partition coefficient (Wildman–Crippen LogP) is 7.93. The molecule has 1 aliphatic rings. The molecule has 0 radical (unpaired) electrons. The van der Waals surface area contributed by atoms with Crippen LogP contribution >= 0.6 is 0 Å². The van der Waals surface area contributed by atoms with Crippen LogP contribution in [0.4, 0.5) is 0 Å². The molecular formula is C32H22N2. The summed E-state index contributed by atoms with van der Waals surface area (Å²) in [5, 5.41) is 0. The highest BCUT2D eigenvalue weighted by molar-refractivity contribution is 5.90. The quantitative estimate of drug-likeness (QED) is 0.276. The normalized spacial score (nSPS) is 12.0. The van der Waals surface area contributed by atoms with E-state index < -0.39 is 0 Å². The van der Waals surface area contributed by atoms with Gasteiger partial charge in [-0.25, -0.2) is 4.98 Å². The van der Waals surface area contributed by atoms with Gasteiger partial charge in [0.25, 0.3) is 0 Å². The van der Waals surface area contributed by atoms with Crippen LogP contribution in [0.15, 0.2) is 121 Å². The second-order valence-corrected chi connectivity index (χ2v) is 8.81. The van der Waals surface area contributed by atoms with Crippen molar-refractivity contribution >= 4 is 11.0 Å². The van der Waals surface area contributed by atoms with Gasteiger partial charge in [0.15, 0.2) is 0 Å². The topological polar surface area (TPSA) is 17.8 Å². The molecule has 6 aromatic rings. The summed E-state index contributed by atoms with van der Waals surface area (Å²) in [4.78, 5) is 5.20. The molecule has 0 amide bonds. The second kappa shape index (κ2) is 7.57. The van der Waals surface area contributed by atoms with Crippen LogP contribution in [-0.4, -0.2) is 9.55 Å². The molecule has 34 heavy (non-hydrogen) atoms. The Morgan fingerprint density at radius 1 is 0.529 bits per heavy atom. The number of aromatic nitrogens is 2. The van der Waals surface area contributed by atoms with Gasteiger partial charge in [0, 0.05) is 11.1 Å².